The van der Waals surface area contributed by atoms with E-state index in [1.165, 1.54) is 11.1 Å². The van der Waals surface area contributed by atoms with Crippen LogP contribution in [0.5, 0.6) is 0 Å². The summed E-state index contributed by atoms with van der Waals surface area (Å²) in [6.07, 6.45) is 10.4. The molecular weight excluding hydrogens is 376 g/mol. The molecule has 0 bridgehead atoms. The maximum atomic E-state index is 13.1. The highest BCUT2D eigenvalue weighted by atomic mass is 16.2. The summed E-state index contributed by atoms with van der Waals surface area (Å²) in [7, 11) is 0. The summed E-state index contributed by atoms with van der Waals surface area (Å²) in [5.41, 5.74) is 3.30. The number of piperidine rings is 1. The molecule has 30 heavy (non-hydrogen) atoms. The second-order valence-corrected chi connectivity index (χ2v) is 8.55. The summed E-state index contributed by atoms with van der Waals surface area (Å²) < 4.78 is 1.81. The van der Waals surface area contributed by atoms with Gasteiger partial charge in [-0.2, -0.15) is 5.10 Å². The zero-order valence-corrected chi connectivity index (χ0v) is 17.4. The van der Waals surface area contributed by atoms with Gasteiger partial charge in [0.2, 0.25) is 5.91 Å². The Morgan fingerprint density at radius 2 is 2.07 bits per heavy atom. The topological polar surface area (TPSA) is 66.6 Å². The van der Waals surface area contributed by atoms with Gasteiger partial charge in [-0.25, -0.2) is 14.5 Å². The normalized spacial score (nSPS) is 21.8. The van der Waals surface area contributed by atoms with Crippen molar-refractivity contribution in [3.63, 3.8) is 0 Å². The number of anilines is 1. The first-order valence-corrected chi connectivity index (χ1v) is 10.9. The average molecular weight is 405 g/mol. The number of aryl methyl sites for hydroxylation is 2. The fourth-order valence-corrected chi connectivity index (χ4v) is 4.91. The van der Waals surface area contributed by atoms with Crippen molar-refractivity contribution in [3.05, 3.63) is 54.1 Å². The summed E-state index contributed by atoms with van der Waals surface area (Å²) in [5.74, 6) is 1.53. The van der Waals surface area contributed by atoms with Crippen LogP contribution in [0, 0.1) is 12.8 Å². The third-order valence-corrected chi connectivity index (χ3v) is 6.57. The third-order valence-electron chi connectivity index (χ3n) is 6.57. The lowest BCUT2D eigenvalue weighted by Gasteiger charge is -2.46. The van der Waals surface area contributed by atoms with Gasteiger partial charge in [-0.05, 0) is 62.3 Å². The molecule has 7 heteroatoms. The number of pyridine rings is 2. The third kappa shape index (κ3) is 3.64. The molecule has 2 saturated heterocycles. The van der Waals surface area contributed by atoms with Gasteiger partial charge in [-0.3, -0.25) is 4.79 Å². The summed E-state index contributed by atoms with van der Waals surface area (Å²) >= 11 is 0. The van der Waals surface area contributed by atoms with Gasteiger partial charge in [0.1, 0.15) is 12.1 Å². The number of rotatable bonds is 5. The molecule has 1 amide bonds. The van der Waals surface area contributed by atoms with Crippen molar-refractivity contribution in [2.45, 2.75) is 45.1 Å². The Kier molecular flexibility index (Phi) is 5.11. The van der Waals surface area contributed by atoms with E-state index in [4.69, 9.17) is 0 Å². The number of hydrogen-bond donors (Lipinski definition) is 0. The van der Waals surface area contributed by atoms with Crippen LogP contribution >= 0.6 is 0 Å². The SMILES string of the molecule is Cc1ccc(N2CCN3C(=O)C(CCCc4cccn5ncnc45)CCC3C2)nc1. The van der Waals surface area contributed by atoms with E-state index in [0.717, 1.165) is 63.2 Å². The van der Waals surface area contributed by atoms with Crippen LogP contribution in [0.25, 0.3) is 5.65 Å². The van der Waals surface area contributed by atoms with Crippen LogP contribution in [0.15, 0.2) is 43.0 Å². The molecule has 7 nitrogen and oxygen atoms in total. The molecule has 0 aliphatic carbocycles. The Balaban J connectivity index is 1.17. The van der Waals surface area contributed by atoms with Crippen LogP contribution in [0.3, 0.4) is 0 Å². The second kappa shape index (κ2) is 8.05. The number of aromatic nitrogens is 4. The molecule has 0 N–H and O–H groups in total. The van der Waals surface area contributed by atoms with Gasteiger partial charge in [0, 0.05) is 44.0 Å². The van der Waals surface area contributed by atoms with E-state index in [9.17, 15) is 4.79 Å². The van der Waals surface area contributed by atoms with Crippen LogP contribution in [-0.2, 0) is 11.2 Å². The van der Waals surface area contributed by atoms with E-state index in [-0.39, 0.29) is 5.92 Å². The fraction of sp³-hybridized carbons (Fsp3) is 0.478. The summed E-state index contributed by atoms with van der Waals surface area (Å²) in [6.45, 7) is 4.61. The number of carbonyl (C=O) groups is 1. The van der Waals surface area contributed by atoms with Gasteiger partial charge >= 0.3 is 0 Å². The molecule has 2 atom stereocenters. The van der Waals surface area contributed by atoms with Gasteiger partial charge in [0.15, 0.2) is 5.65 Å². The van der Waals surface area contributed by atoms with Crippen molar-refractivity contribution in [1.29, 1.82) is 0 Å². The number of piperazine rings is 1. The molecule has 0 radical (unpaired) electrons. The largest absolute Gasteiger partial charge is 0.353 e. The van der Waals surface area contributed by atoms with Crippen molar-refractivity contribution in [2.75, 3.05) is 24.5 Å². The quantitative estimate of drug-likeness (QED) is 0.654. The number of amides is 1. The number of carbonyl (C=O) groups excluding carboxylic acids is 1. The average Bonchev–Trinajstić information content (AvgIpc) is 3.25. The van der Waals surface area contributed by atoms with Crippen LogP contribution in [0.1, 0.15) is 36.8 Å². The van der Waals surface area contributed by atoms with Gasteiger partial charge in [-0.15, -0.1) is 0 Å². The van der Waals surface area contributed by atoms with Gasteiger partial charge in [0.25, 0.3) is 0 Å². The molecule has 2 fully saturated rings. The molecule has 3 aromatic heterocycles. The lowest BCUT2D eigenvalue weighted by molar-refractivity contribution is -0.142. The van der Waals surface area contributed by atoms with E-state index in [2.05, 4.69) is 50.0 Å². The van der Waals surface area contributed by atoms with Crippen LogP contribution < -0.4 is 4.90 Å². The predicted molar refractivity (Wildman–Crippen MR) is 115 cm³/mol. The standard InChI is InChI=1S/C23H28N6O/c1-17-7-10-21(24-14-17)27-12-13-28-20(15-27)9-8-19(23(28)30)5-2-4-18-6-3-11-29-22(18)25-16-26-29/h3,6-7,10-11,14,16,19-20H,2,4-5,8-9,12-13,15H2,1H3. The van der Waals surface area contributed by atoms with Crippen molar-refractivity contribution in [1.82, 2.24) is 24.5 Å². The molecule has 156 valence electrons. The van der Waals surface area contributed by atoms with Crippen molar-refractivity contribution in [2.24, 2.45) is 5.92 Å². The highest BCUT2D eigenvalue weighted by Gasteiger charge is 2.38. The summed E-state index contributed by atoms with van der Waals surface area (Å²) in [6, 6.07) is 8.64. The Bertz CT molecular complexity index is 1030. The maximum Gasteiger partial charge on any atom is 0.226 e. The first-order chi connectivity index (χ1) is 14.7. The molecule has 2 aliphatic rings. The lowest BCUT2D eigenvalue weighted by atomic mass is 9.86. The molecule has 0 aromatic carbocycles. The van der Waals surface area contributed by atoms with Crippen LogP contribution in [0.4, 0.5) is 5.82 Å². The summed E-state index contributed by atoms with van der Waals surface area (Å²) in [4.78, 5) is 26.5. The maximum absolute atomic E-state index is 13.1. The van der Waals surface area contributed by atoms with Gasteiger partial charge < -0.3 is 9.80 Å². The first kappa shape index (κ1) is 19.0. The minimum absolute atomic E-state index is 0.155. The molecule has 0 spiro atoms. The predicted octanol–water partition coefficient (Wildman–Crippen LogP) is 2.88. The minimum atomic E-state index is 0.155. The Hall–Kier alpha value is -2.96. The van der Waals surface area contributed by atoms with Crippen molar-refractivity contribution < 1.29 is 4.79 Å². The Morgan fingerprint density at radius 1 is 1.13 bits per heavy atom. The first-order valence-electron chi connectivity index (χ1n) is 10.9. The minimum Gasteiger partial charge on any atom is -0.353 e. The van der Waals surface area contributed by atoms with Crippen LogP contribution in [-0.4, -0.2) is 56.1 Å². The number of nitrogens with zero attached hydrogens (tertiary/aromatic N) is 6. The summed E-state index contributed by atoms with van der Waals surface area (Å²) in [5, 5.41) is 4.20. The van der Waals surface area contributed by atoms with Gasteiger partial charge in [-0.1, -0.05) is 12.1 Å². The number of hydrogen-bond acceptors (Lipinski definition) is 5. The van der Waals surface area contributed by atoms with E-state index < -0.39 is 0 Å². The molecule has 0 saturated carbocycles. The van der Waals surface area contributed by atoms with E-state index >= 15 is 0 Å². The molecule has 5 heterocycles. The Morgan fingerprint density at radius 3 is 2.93 bits per heavy atom. The smallest absolute Gasteiger partial charge is 0.226 e. The highest BCUT2D eigenvalue weighted by Crippen LogP contribution is 2.30. The van der Waals surface area contributed by atoms with Crippen molar-refractivity contribution in [3.8, 4) is 0 Å². The zero-order chi connectivity index (χ0) is 20.5. The second-order valence-electron chi connectivity index (χ2n) is 8.55. The van der Waals surface area contributed by atoms with E-state index in [0.29, 0.717) is 11.9 Å². The Labute approximate surface area is 176 Å². The highest BCUT2D eigenvalue weighted by molar-refractivity contribution is 5.80. The van der Waals surface area contributed by atoms with E-state index in [1.807, 2.05) is 23.0 Å². The molecule has 2 unspecified atom stereocenters. The molecule has 2 aliphatic heterocycles. The lowest BCUT2D eigenvalue weighted by Crippen LogP contribution is -2.59. The van der Waals surface area contributed by atoms with E-state index in [1.54, 1.807) is 6.33 Å². The van der Waals surface area contributed by atoms with Crippen molar-refractivity contribution >= 4 is 17.4 Å². The fourth-order valence-electron chi connectivity index (χ4n) is 4.91. The molecule has 3 aromatic rings. The van der Waals surface area contributed by atoms with Crippen LogP contribution in [0.2, 0.25) is 0 Å². The van der Waals surface area contributed by atoms with Gasteiger partial charge in [0.05, 0.1) is 0 Å². The monoisotopic (exact) mass is 404 g/mol. The molecule has 5 rings (SSSR count). The molecular formula is C23H28N6O. The zero-order valence-electron chi connectivity index (χ0n) is 17.4. The number of fused-ring (bicyclic) bond motifs is 2.